The molecule has 0 fully saturated rings. The molecule has 0 bridgehead atoms. The van der Waals surface area contributed by atoms with E-state index in [4.69, 9.17) is 0 Å². The van der Waals surface area contributed by atoms with Crippen LogP contribution in [0.5, 0.6) is 0 Å². The first-order valence-electron chi connectivity index (χ1n) is 3.68. The highest BCUT2D eigenvalue weighted by Gasteiger charge is 2.03. The van der Waals surface area contributed by atoms with Crippen molar-refractivity contribution in [2.75, 3.05) is 6.26 Å². The van der Waals surface area contributed by atoms with Crippen molar-refractivity contribution in [1.29, 1.82) is 0 Å². The minimum absolute atomic E-state index is 0.873. The van der Waals surface area contributed by atoms with Gasteiger partial charge in [-0.25, -0.2) is 0 Å². The van der Waals surface area contributed by atoms with E-state index in [0.717, 1.165) is 15.8 Å². The topological polar surface area (TPSA) is 32.9 Å². The molecule has 12 heavy (non-hydrogen) atoms. The fraction of sp³-hybridized carbons (Fsp3) is 0.111. The molecule has 62 valence electrons. The van der Waals surface area contributed by atoms with Crippen LogP contribution in [0, 0.1) is 0 Å². The second-order valence-electron chi connectivity index (χ2n) is 2.65. The molecular weight excluding hydrogens is 170 g/mol. The highest BCUT2D eigenvalue weighted by atomic mass is 32.2. The normalized spacial score (nSPS) is 13.4. The molecular formula is C9H9NOS. The molecule has 0 aliphatic heterocycles. The highest BCUT2D eigenvalue weighted by Crippen LogP contribution is 2.18. The lowest BCUT2D eigenvalue weighted by atomic mass is 10.2. The summed E-state index contributed by atoms with van der Waals surface area (Å²) >= 11 is 0. The smallest absolute Gasteiger partial charge is 0.0626 e. The number of aromatic nitrogens is 1. The zero-order valence-corrected chi connectivity index (χ0v) is 7.52. The van der Waals surface area contributed by atoms with Crippen molar-refractivity contribution in [1.82, 2.24) is 4.98 Å². The van der Waals surface area contributed by atoms with Gasteiger partial charge in [0.1, 0.15) is 0 Å². The Labute approximate surface area is 73.1 Å². The molecule has 0 aliphatic carbocycles. The number of para-hydroxylation sites is 1. The van der Waals surface area contributed by atoms with Crippen molar-refractivity contribution in [2.24, 2.45) is 0 Å². The van der Waals surface area contributed by atoms with Crippen molar-refractivity contribution < 1.29 is 4.21 Å². The number of benzene rings is 1. The van der Waals surface area contributed by atoms with E-state index >= 15 is 0 Å². The van der Waals surface area contributed by atoms with Crippen molar-refractivity contribution in [2.45, 2.75) is 4.90 Å². The first-order valence-corrected chi connectivity index (χ1v) is 5.24. The summed E-state index contributed by atoms with van der Waals surface area (Å²) in [5.74, 6) is 0. The molecule has 2 rings (SSSR count). The van der Waals surface area contributed by atoms with Crippen LogP contribution >= 0.6 is 0 Å². The van der Waals surface area contributed by atoms with E-state index < -0.39 is 10.8 Å². The van der Waals surface area contributed by atoms with Crippen molar-refractivity contribution >= 4 is 21.7 Å². The van der Waals surface area contributed by atoms with E-state index in [1.807, 2.05) is 30.5 Å². The molecule has 0 saturated carbocycles. The fourth-order valence-corrected chi connectivity index (χ4v) is 2.03. The molecule has 1 atom stereocenters. The summed E-state index contributed by atoms with van der Waals surface area (Å²) < 4.78 is 11.2. The molecule has 0 saturated heterocycles. The maximum Gasteiger partial charge on any atom is 0.0626 e. The van der Waals surface area contributed by atoms with Crippen LogP contribution in [0.15, 0.2) is 35.4 Å². The average Bonchev–Trinajstić information content (AvgIpc) is 2.49. The summed E-state index contributed by atoms with van der Waals surface area (Å²) in [4.78, 5) is 3.95. The van der Waals surface area contributed by atoms with Crippen LogP contribution < -0.4 is 0 Å². The van der Waals surface area contributed by atoms with Crippen LogP contribution in [0.2, 0.25) is 0 Å². The summed E-state index contributed by atoms with van der Waals surface area (Å²) in [6, 6.07) is 7.79. The molecule has 0 spiro atoms. The largest absolute Gasteiger partial charge is 0.360 e. The summed E-state index contributed by atoms with van der Waals surface area (Å²) in [6.07, 6.45) is 3.55. The van der Waals surface area contributed by atoms with E-state index in [1.165, 1.54) is 0 Å². The molecule has 0 aliphatic rings. The number of rotatable bonds is 1. The molecule has 1 heterocycles. The van der Waals surface area contributed by atoms with Crippen LogP contribution in [-0.4, -0.2) is 15.4 Å². The van der Waals surface area contributed by atoms with E-state index in [9.17, 15) is 4.21 Å². The lowest BCUT2D eigenvalue weighted by Gasteiger charge is -1.97. The van der Waals surface area contributed by atoms with Crippen molar-refractivity contribution in [3.63, 3.8) is 0 Å². The molecule has 1 unspecified atom stereocenters. The predicted molar refractivity (Wildman–Crippen MR) is 50.6 cm³/mol. The van der Waals surface area contributed by atoms with Crippen LogP contribution in [0.25, 0.3) is 10.9 Å². The predicted octanol–water partition coefficient (Wildman–Crippen LogP) is 1.91. The van der Waals surface area contributed by atoms with Crippen LogP contribution in [0.3, 0.4) is 0 Å². The Morgan fingerprint density at radius 1 is 1.33 bits per heavy atom. The van der Waals surface area contributed by atoms with Gasteiger partial charge in [-0.05, 0) is 12.1 Å². The number of aromatic amines is 1. The van der Waals surface area contributed by atoms with Gasteiger partial charge in [-0.3, -0.25) is 4.21 Å². The molecule has 2 nitrogen and oxygen atoms in total. The van der Waals surface area contributed by atoms with E-state index in [-0.39, 0.29) is 0 Å². The van der Waals surface area contributed by atoms with Crippen LogP contribution in [0.1, 0.15) is 0 Å². The molecule has 2 aromatic rings. The van der Waals surface area contributed by atoms with Gasteiger partial charge in [0, 0.05) is 17.8 Å². The molecule has 0 amide bonds. The van der Waals surface area contributed by atoms with Gasteiger partial charge in [0.2, 0.25) is 0 Å². The molecule has 3 heteroatoms. The lowest BCUT2D eigenvalue weighted by molar-refractivity contribution is 0.687. The number of hydrogen-bond acceptors (Lipinski definition) is 1. The highest BCUT2D eigenvalue weighted by molar-refractivity contribution is 7.84. The van der Waals surface area contributed by atoms with E-state index in [1.54, 1.807) is 6.26 Å². The van der Waals surface area contributed by atoms with Crippen molar-refractivity contribution in [3.8, 4) is 0 Å². The van der Waals surface area contributed by atoms with Crippen LogP contribution in [-0.2, 0) is 10.8 Å². The van der Waals surface area contributed by atoms with E-state index in [0.29, 0.717) is 0 Å². The first kappa shape index (κ1) is 7.55. The Hall–Kier alpha value is -1.09. The standard InChI is InChI=1S/C9H9NOS/c1-12(11)8-4-2-3-7-5-6-10-9(7)8/h2-6,10H,1H3. The number of H-pyrrole nitrogens is 1. The number of fused-ring (bicyclic) bond motifs is 1. The molecule has 1 aromatic carbocycles. The SMILES string of the molecule is CS(=O)c1cccc2cc[nH]c12. The third-order valence-corrected chi connectivity index (χ3v) is 2.82. The molecule has 1 N–H and O–H groups in total. The van der Waals surface area contributed by atoms with Gasteiger partial charge in [-0.15, -0.1) is 0 Å². The summed E-state index contributed by atoms with van der Waals surface area (Å²) in [5.41, 5.74) is 0.985. The second kappa shape index (κ2) is 2.75. The zero-order valence-electron chi connectivity index (χ0n) is 6.70. The Morgan fingerprint density at radius 2 is 2.17 bits per heavy atom. The Bertz CT molecular complexity index is 433. The molecule has 0 radical (unpaired) electrons. The van der Waals surface area contributed by atoms with Gasteiger partial charge < -0.3 is 4.98 Å². The quantitative estimate of drug-likeness (QED) is 0.712. The third-order valence-electron chi connectivity index (χ3n) is 1.86. The first-order chi connectivity index (χ1) is 5.79. The summed E-state index contributed by atoms with van der Waals surface area (Å²) in [5, 5.41) is 1.11. The van der Waals surface area contributed by atoms with Gasteiger partial charge in [0.25, 0.3) is 0 Å². The average molecular weight is 179 g/mol. The Morgan fingerprint density at radius 3 is 2.92 bits per heavy atom. The zero-order chi connectivity index (χ0) is 8.55. The fourth-order valence-electron chi connectivity index (χ4n) is 1.30. The summed E-state index contributed by atoms with van der Waals surface area (Å²) in [6.45, 7) is 0. The minimum Gasteiger partial charge on any atom is -0.360 e. The second-order valence-corrected chi connectivity index (χ2v) is 4.00. The van der Waals surface area contributed by atoms with Gasteiger partial charge in [0.15, 0.2) is 0 Å². The Balaban J connectivity index is 2.82. The van der Waals surface area contributed by atoms with Gasteiger partial charge in [0.05, 0.1) is 21.2 Å². The minimum atomic E-state index is -0.913. The maximum absolute atomic E-state index is 11.2. The Kier molecular flexibility index (Phi) is 1.73. The van der Waals surface area contributed by atoms with Gasteiger partial charge in [-0.2, -0.15) is 0 Å². The molecule has 1 aromatic heterocycles. The lowest BCUT2D eigenvalue weighted by Crippen LogP contribution is -1.87. The monoisotopic (exact) mass is 179 g/mol. The number of hydrogen-bond donors (Lipinski definition) is 1. The van der Waals surface area contributed by atoms with Gasteiger partial charge in [-0.1, -0.05) is 12.1 Å². The summed E-state index contributed by atoms with van der Waals surface area (Å²) in [7, 11) is -0.913. The van der Waals surface area contributed by atoms with Crippen LogP contribution in [0.4, 0.5) is 0 Å². The van der Waals surface area contributed by atoms with Gasteiger partial charge >= 0.3 is 0 Å². The van der Waals surface area contributed by atoms with Crippen molar-refractivity contribution in [3.05, 3.63) is 30.5 Å². The maximum atomic E-state index is 11.2. The third kappa shape index (κ3) is 1.06. The van der Waals surface area contributed by atoms with E-state index in [2.05, 4.69) is 4.98 Å². The number of nitrogens with one attached hydrogen (secondary N) is 1.